The second kappa shape index (κ2) is 6.35. The van der Waals surface area contributed by atoms with E-state index in [4.69, 9.17) is 0 Å². The van der Waals surface area contributed by atoms with Gasteiger partial charge in [-0.25, -0.2) is 0 Å². The summed E-state index contributed by atoms with van der Waals surface area (Å²) >= 11 is 3.64. The molecule has 0 bridgehead atoms. The van der Waals surface area contributed by atoms with Crippen LogP contribution in [0, 0.1) is 3.57 Å². The number of rotatable bonds is 5. The lowest BCUT2D eigenvalue weighted by molar-refractivity contribution is -0.113. The van der Waals surface area contributed by atoms with Gasteiger partial charge >= 0.3 is 0 Å². The van der Waals surface area contributed by atoms with Crippen molar-refractivity contribution in [1.82, 2.24) is 14.8 Å². The summed E-state index contributed by atoms with van der Waals surface area (Å²) in [5.74, 6) is 1.91. The maximum atomic E-state index is 12.0. The highest BCUT2D eigenvalue weighted by atomic mass is 127. The molecule has 0 unspecified atom stereocenters. The minimum absolute atomic E-state index is 0.0297. The summed E-state index contributed by atoms with van der Waals surface area (Å²) in [5.41, 5.74) is 0.823. The van der Waals surface area contributed by atoms with Crippen LogP contribution in [0.3, 0.4) is 0 Å². The zero-order valence-corrected chi connectivity index (χ0v) is 14.5. The van der Waals surface area contributed by atoms with Gasteiger partial charge in [0.05, 0.1) is 5.75 Å². The van der Waals surface area contributed by atoms with Gasteiger partial charge in [0.2, 0.25) is 5.91 Å². The van der Waals surface area contributed by atoms with Crippen LogP contribution in [0.15, 0.2) is 29.4 Å². The number of halogens is 1. The minimum Gasteiger partial charge on any atom is -0.325 e. The summed E-state index contributed by atoms with van der Waals surface area (Å²) in [6.45, 7) is 0. The molecule has 1 amide bonds. The van der Waals surface area contributed by atoms with Crippen molar-refractivity contribution >= 4 is 45.9 Å². The topological polar surface area (TPSA) is 59.8 Å². The molecule has 1 aliphatic carbocycles. The number of hydrogen-bond donors (Lipinski definition) is 1. The van der Waals surface area contributed by atoms with E-state index in [-0.39, 0.29) is 5.91 Å². The molecule has 1 aromatic carbocycles. The quantitative estimate of drug-likeness (QED) is 0.604. The van der Waals surface area contributed by atoms with E-state index in [0.29, 0.717) is 11.7 Å². The lowest BCUT2D eigenvalue weighted by Gasteiger charge is -2.05. The predicted octanol–water partition coefficient (Wildman–Crippen LogP) is 3.03. The normalized spacial score (nSPS) is 14.2. The van der Waals surface area contributed by atoms with Crippen LogP contribution in [0.1, 0.15) is 24.6 Å². The Morgan fingerprint density at radius 1 is 1.48 bits per heavy atom. The minimum atomic E-state index is -0.0297. The van der Waals surface area contributed by atoms with Gasteiger partial charge in [-0.15, -0.1) is 10.2 Å². The van der Waals surface area contributed by atoms with Gasteiger partial charge in [-0.1, -0.05) is 17.8 Å². The number of nitrogens with zero attached hydrogens (tertiary/aromatic N) is 3. The molecule has 1 aromatic heterocycles. The summed E-state index contributed by atoms with van der Waals surface area (Å²) in [7, 11) is 1.97. The second-order valence-electron chi connectivity index (χ2n) is 5.02. The molecule has 7 heteroatoms. The first-order chi connectivity index (χ1) is 10.1. The van der Waals surface area contributed by atoms with Gasteiger partial charge in [0.25, 0.3) is 0 Å². The second-order valence-corrected chi connectivity index (χ2v) is 7.21. The fourth-order valence-electron chi connectivity index (χ4n) is 2.04. The van der Waals surface area contributed by atoms with E-state index in [0.717, 1.165) is 20.2 Å². The maximum Gasteiger partial charge on any atom is 0.234 e. The highest BCUT2D eigenvalue weighted by Crippen LogP contribution is 2.39. The summed E-state index contributed by atoms with van der Waals surface area (Å²) < 4.78 is 3.10. The molecule has 1 heterocycles. The number of nitrogens with one attached hydrogen (secondary N) is 1. The number of benzene rings is 1. The summed E-state index contributed by atoms with van der Waals surface area (Å²) in [6.07, 6.45) is 2.40. The van der Waals surface area contributed by atoms with Gasteiger partial charge < -0.3 is 9.88 Å². The van der Waals surface area contributed by atoms with E-state index < -0.39 is 0 Å². The lowest BCUT2D eigenvalue weighted by Crippen LogP contribution is -2.14. The van der Waals surface area contributed by atoms with Crippen molar-refractivity contribution in [3.63, 3.8) is 0 Å². The van der Waals surface area contributed by atoms with Crippen molar-refractivity contribution in [2.75, 3.05) is 11.1 Å². The number of thioether (sulfide) groups is 1. The van der Waals surface area contributed by atoms with Crippen molar-refractivity contribution in [3.05, 3.63) is 33.7 Å². The Kier molecular flexibility index (Phi) is 4.48. The van der Waals surface area contributed by atoms with Gasteiger partial charge in [-0.3, -0.25) is 4.79 Å². The van der Waals surface area contributed by atoms with E-state index in [1.807, 2.05) is 35.9 Å². The SMILES string of the molecule is Cn1c(SCC(=O)Nc2cccc(I)c2)nnc1C1CC1. The van der Waals surface area contributed by atoms with E-state index in [9.17, 15) is 4.79 Å². The van der Waals surface area contributed by atoms with Crippen LogP contribution in [0.4, 0.5) is 5.69 Å². The molecule has 0 spiro atoms. The first kappa shape index (κ1) is 14.8. The van der Waals surface area contributed by atoms with E-state index >= 15 is 0 Å². The zero-order chi connectivity index (χ0) is 14.8. The van der Waals surface area contributed by atoms with Crippen molar-refractivity contribution in [2.24, 2.45) is 7.05 Å². The molecule has 1 aliphatic rings. The monoisotopic (exact) mass is 414 g/mol. The van der Waals surface area contributed by atoms with Crippen LogP contribution in [0.2, 0.25) is 0 Å². The number of carbonyl (C=O) groups is 1. The highest BCUT2D eigenvalue weighted by Gasteiger charge is 2.29. The van der Waals surface area contributed by atoms with Gasteiger partial charge in [0.1, 0.15) is 5.82 Å². The van der Waals surface area contributed by atoms with Gasteiger partial charge in [-0.2, -0.15) is 0 Å². The first-order valence-corrected chi connectivity index (χ1v) is 8.77. The Balaban J connectivity index is 1.56. The molecular weight excluding hydrogens is 399 g/mol. The fourth-order valence-corrected chi connectivity index (χ4v) is 3.30. The van der Waals surface area contributed by atoms with Crippen LogP contribution >= 0.6 is 34.4 Å². The zero-order valence-electron chi connectivity index (χ0n) is 11.5. The Morgan fingerprint density at radius 2 is 2.29 bits per heavy atom. The van der Waals surface area contributed by atoms with Gasteiger partial charge in [0, 0.05) is 22.2 Å². The number of carbonyl (C=O) groups excluding carboxylic acids is 1. The van der Waals surface area contributed by atoms with Crippen LogP contribution in [-0.2, 0) is 11.8 Å². The fraction of sp³-hybridized carbons (Fsp3) is 0.357. The van der Waals surface area contributed by atoms with Crippen LogP contribution in [0.25, 0.3) is 0 Å². The summed E-state index contributed by atoms with van der Waals surface area (Å²) in [6, 6.07) is 7.74. The van der Waals surface area contributed by atoms with Crippen molar-refractivity contribution in [3.8, 4) is 0 Å². The number of anilines is 1. The standard InChI is InChI=1S/C14H15IN4OS/c1-19-13(9-5-6-9)17-18-14(19)21-8-12(20)16-11-4-2-3-10(15)7-11/h2-4,7,9H,5-6,8H2,1H3,(H,16,20). The Labute approximate surface area is 141 Å². The Bertz CT molecular complexity index is 669. The third-order valence-corrected chi connectivity index (χ3v) is 4.94. The number of amides is 1. The smallest absolute Gasteiger partial charge is 0.234 e. The molecule has 1 saturated carbocycles. The number of hydrogen-bond acceptors (Lipinski definition) is 4. The maximum absolute atomic E-state index is 12.0. The molecule has 0 saturated heterocycles. The summed E-state index contributed by atoms with van der Waals surface area (Å²) in [4.78, 5) is 12.0. The summed E-state index contributed by atoms with van der Waals surface area (Å²) in [5, 5.41) is 12.1. The molecule has 1 N–H and O–H groups in total. The van der Waals surface area contributed by atoms with Crippen molar-refractivity contribution in [2.45, 2.75) is 23.9 Å². The molecule has 0 atom stereocenters. The molecule has 1 fully saturated rings. The lowest BCUT2D eigenvalue weighted by atomic mass is 10.3. The van der Waals surface area contributed by atoms with Gasteiger partial charge in [-0.05, 0) is 53.6 Å². The molecule has 3 rings (SSSR count). The first-order valence-electron chi connectivity index (χ1n) is 6.71. The van der Waals surface area contributed by atoms with Crippen LogP contribution in [0.5, 0.6) is 0 Å². The van der Waals surface area contributed by atoms with Gasteiger partial charge in [0.15, 0.2) is 5.16 Å². The molecular formula is C14H15IN4OS. The Hall–Kier alpha value is -1.09. The molecule has 5 nitrogen and oxygen atoms in total. The molecule has 110 valence electrons. The third-order valence-electron chi connectivity index (χ3n) is 3.25. The number of aromatic nitrogens is 3. The largest absolute Gasteiger partial charge is 0.325 e. The van der Waals surface area contributed by atoms with E-state index in [2.05, 4.69) is 38.1 Å². The Morgan fingerprint density at radius 3 is 3.00 bits per heavy atom. The van der Waals surface area contributed by atoms with E-state index in [1.165, 1.54) is 24.6 Å². The van der Waals surface area contributed by atoms with Crippen molar-refractivity contribution in [1.29, 1.82) is 0 Å². The molecule has 21 heavy (non-hydrogen) atoms. The molecule has 0 radical (unpaired) electrons. The average Bonchev–Trinajstić information content (AvgIpc) is 3.21. The van der Waals surface area contributed by atoms with Crippen LogP contribution < -0.4 is 5.32 Å². The third kappa shape index (κ3) is 3.76. The molecule has 0 aliphatic heterocycles. The highest BCUT2D eigenvalue weighted by molar-refractivity contribution is 14.1. The van der Waals surface area contributed by atoms with Crippen molar-refractivity contribution < 1.29 is 4.79 Å². The average molecular weight is 414 g/mol. The predicted molar refractivity (Wildman–Crippen MR) is 91.5 cm³/mol. The van der Waals surface area contributed by atoms with Crippen LogP contribution in [-0.4, -0.2) is 26.4 Å². The molecule has 2 aromatic rings. The van der Waals surface area contributed by atoms with E-state index in [1.54, 1.807) is 0 Å².